The van der Waals surface area contributed by atoms with Crippen LogP contribution < -0.4 is 5.43 Å². The molecule has 1 N–H and O–H groups in total. The molecule has 5 aromatic rings. The summed E-state index contributed by atoms with van der Waals surface area (Å²) < 4.78 is 0. The minimum Gasteiger partial charge on any atom is -0.361 e. The number of hydrogen-bond donors (Lipinski definition) is 1. The van der Waals surface area contributed by atoms with Crippen LogP contribution in [-0.2, 0) is 0 Å². The van der Waals surface area contributed by atoms with Gasteiger partial charge in [0, 0.05) is 24.2 Å². The van der Waals surface area contributed by atoms with Crippen molar-refractivity contribution in [1.29, 1.82) is 0 Å². The van der Waals surface area contributed by atoms with Crippen LogP contribution in [-0.4, -0.2) is 9.97 Å². The molecule has 0 unspecified atom stereocenters. The fourth-order valence-corrected chi connectivity index (χ4v) is 3.66. The maximum atomic E-state index is 12.6. The first-order valence-electron chi connectivity index (χ1n) is 8.85. The number of pyridine rings is 2. The van der Waals surface area contributed by atoms with Crippen LogP contribution in [0.5, 0.6) is 0 Å². The number of H-pyrrole nitrogens is 1. The lowest BCUT2D eigenvalue weighted by Crippen LogP contribution is -2.01. The van der Waals surface area contributed by atoms with Gasteiger partial charge < -0.3 is 4.98 Å². The number of benzene rings is 3. The van der Waals surface area contributed by atoms with Crippen LogP contribution in [0.1, 0.15) is 0 Å². The van der Waals surface area contributed by atoms with Crippen LogP contribution in [0.25, 0.3) is 43.9 Å². The number of aromatic amines is 1. The van der Waals surface area contributed by atoms with E-state index in [0.717, 1.165) is 43.9 Å². The zero-order valence-corrected chi connectivity index (χ0v) is 14.5. The van der Waals surface area contributed by atoms with E-state index in [9.17, 15) is 4.79 Å². The number of nitrogens with one attached hydrogen (secondary N) is 1. The molecule has 0 saturated carbocycles. The highest BCUT2D eigenvalue weighted by molar-refractivity contribution is 6.10. The molecule has 0 spiro atoms. The van der Waals surface area contributed by atoms with Gasteiger partial charge in [0.05, 0.1) is 10.9 Å². The van der Waals surface area contributed by atoms with Crippen molar-refractivity contribution < 1.29 is 0 Å². The fraction of sp³-hybridized carbons (Fsp3) is 0. The van der Waals surface area contributed by atoms with E-state index in [4.69, 9.17) is 0 Å². The summed E-state index contributed by atoms with van der Waals surface area (Å²) in [4.78, 5) is 20.1. The second-order valence-corrected chi connectivity index (χ2v) is 6.56. The van der Waals surface area contributed by atoms with Crippen molar-refractivity contribution in [2.24, 2.45) is 0 Å². The SMILES string of the molecule is O=c1ccc(-c2cccc(-c3cccnc3)c2)c2ccc3ccc[nH]c3c12. The lowest BCUT2D eigenvalue weighted by molar-refractivity contribution is 1.33. The minimum absolute atomic E-state index is 0.0326. The molecule has 0 radical (unpaired) electrons. The summed E-state index contributed by atoms with van der Waals surface area (Å²) in [5.41, 5.74) is 5.22. The molecule has 3 aromatic carbocycles. The Hall–Kier alpha value is -3.72. The van der Waals surface area contributed by atoms with E-state index in [0.29, 0.717) is 0 Å². The zero-order chi connectivity index (χ0) is 18.2. The van der Waals surface area contributed by atoms with Crippen LogP contribution in [0.4, 0.5) is 0 Å². The monoisotopic (exact) mass is 348 g/mol. The Morgan fingerprint density at radius 1 is 0.778 bits per heavy atom. The van der Waals surface area contributed by atoms with Gasteiger partial charge in [-0.3, -0.25) is 9.78 Å². The standard InChI is InChI=1S/C24H16N2O/c27-22-11-10-20(21-9-8-16-6-3-13-26-24(16)23(21)22)18-5-1-4-17(14-18)19-7-2-12-25-15-19/h1-15,26H. The van der Waals surface area contributed by atoms with Crippen molar-refractivity contribution in [1.82, 2.24) is 9.97 Å². The molecular weight excluding hydrogens is 332 g/mol. The number of aromatic nitrogens is 2. The van der Waals surface area contributed by atoms with E-state index in [2.05, 4.69) is 34.2 Å². The summed E-state index contributed by atoms with van der Waals surface area (Å²) in [6.45, 7) is 0. The third kappa shape index (κ3) is 2.61. The second-order valence-electron chi connectivity index (χ2n) is 6.56. The normalized spacial score (nSPS) is 11.1. The summed E-state index contributed by atoms with van der Waals surface area (Å²) in [6, 6.07) is 24.0. The molecule has 2 aromatic heterocycles. The molecule has 128 valence electrons. The van der Waals surface area contributed by atoms with Crippen LogP contribution in [0.3, 0.4) is 0 Å². The zero-order valence-electron chi connectivity index (χ0n) is 14.5. The largest absolute Gasteiger partial charge is 0.361 e. The molecule has 5 rings (SSSR count). The highest BCUT2D eigenvalue weighted by Crippen LogP contribution is 2.32. The average molecular weight is 348 g/mol. The molecule has 0 fully saturated rings. The molecule has 0 aliphatic heterocycles. The van der Waals surface area contributed by atoms with Gasteiger partial charge in [0.25, 0.3) is 0 Å². The summed E-state index contributed by atoms with van der Waals surface area (Å²) >= 11 is 0. The van der Waals surface area contributed by atoms with Crippen LogP contribution in [0.15, 0.2) is 96.2 Å². The summed E-state index contributed by atoms with van der Waals surface area (Å²) in [6.07, 6.45) is 5.49. The fourth-order valence-electron chi connectivity index (χ4n) is 3.66. The Morgan fingerprint density at radius 3 is 2.56 bits per heavy atom. The topological polar surface area (TPSA) is 45.8 Å². The van der Waals surface area contributed by atoms with Crippen molar-refractivity contribution in [3.8, 4) is 22.3 Å². The highest BCUT2D eigenvalue weighted by atomic mass is 16.1. The van der Waals surface area contributed by atoms with E-state index < -0.39 is 0 Å². The molecule has 0 aliphatic carbocycles. The van der Waals surface area contributed by atoms with Crippen LogP contribution >= 0.6 is 0 Å². The Morgan fingerprint density at radius 2 is 1.67 bits per heavy atom. The lowest BCUT2D eigenvalue weighted by Gasteiger charge is -2.10. The van der Waals surface area contributed by atoms with Gasteiger partial charge in [-0.1, -0.05) is 42.5 Å². The predicted octanol–water partition coefficient (Wildman–Crippen LogP) is 5.41. The van der Waals surface area contributed by atoms with Crippen molar-refractivity contribution in [2.45, 2.75) is 0 Å². The predicted molar refractivity (Wildman–Crippen MR) is 111 cm³/mol. The third-order valence-corrected chi connectivity index (χ3v) is 4.94. The Balaban J connectivity index is 1.78. The van der Waals surface area contributed by atoms with Crippen molar-refractivity contribution in [3.05, 3.63) is 102 Å². The molecule has 2 heterocycles. The maximum Gasteiger partial charge on any atom is 0.188 e. The molecular formula is C24H16N2O. The van der Waals surface area contributed by atoms with Crippen LogP contribution in [0.2, 0.25) is 0 Å². The van der Waals surface area contributed by atoms with Crippen molar-refractivity contribution >= 4 is 21.7 Å². The molecule has 0 aliphatic rings. The lowest BCUT2D eigenvalue weighted by atomic mass is 9.94. The number of hydrogen-bond acceptors (Lipinski definition) is 2. The first kappa shape index (κ1) is 15.5. The number of rotatable bonds is 2. The summed E-state index contributed by atoms with van der Waals surface area (Å²) in [5.74, 6) is 0. The smallest absolute Gasteiger partial charge is 0.188 e. The first-order valence-corrected chi connectivity index (χ1v) is 8.85. The molecule has 0 amide bonds. The third-order valence-electron chi connectivity index (χ3n) is 4.94. The second kappa shape index (κ2) is 6.22. The number of fused-ring (bicyclic) bond motifs is 3. The van der Waals surface area contributed by atoms with Gasteiger partial charge in [-0.05, 0) is 57.8 Å². The van der Waals surface area contributed by atoms with E-state index >= 15 is 0 Å². The molecule has 3 nitrogen and oxygen atoms in total. The van der Waals surface area contributed by atoms with E-state index in [1.54, 1.807) is 12.3 Å². The summed E-state index contributed by atoms with van der Waals surface area (Å²) in [7, 11) is 0. The Bertz CT molecular complexity index is 1340. The molecule has 0 saturated heterocycles. The molecule has 0 atom stereocenters. The number of nitrogens with zero attached hydrogens (tertiary/aromatic N) is 1. The Labute approximate surface area is 156 Å². The van der Waals surface area contributed by atoms with E-state index in [-0.39, 0.29) is 5.43 Å². The Kier molecular flexibility index (Phi) is 3.58. The van der Waals surface area contributed by atoms with E-state index in [1.165, 1.54) is 0 Å². The van der Waals surface area contributed by atoms with Gasteiger partial charge in [0.1, 0.15) is 0 Å². The van der Waals surface area contributed by atoms with Gasteiger partial charge in [-0.15, -0.1) is 0 Å². The van der Waals surface area contributed by atoms with Gasteiger partial charge in [-0.2, -0.15) is 0 Å². The highest BCUT2D eigenvalue weighted by Gasteiger charge is 2.11. The van der Waals surface area contributed by atoms with Gasteiger partial charge in [0.2, 0.25) is 0 Å². The van der Waals surface area contributed by atoms with Gasteiger partial charge in [-0.25, -0.2) is 0 Å². The van der Waals surface area contributed by atoms with Gasteiger partial charge >= 0.3 is 0 Å². The quantitative estimate of drug-likeness (QED) is 0.434. The molecule has 27 heavy (non-hydrogen) atoms. The first-order chi connectivity index (χ1) is 13.3. The summed E-state index contributed by atoms with van der Waals surface area (Å²) in [5, 5.41) is 2.72. The average Bonchev–Trinajstić information content (AvgIpc) is 2.74. The van der Waals surface area contributed by atoms with E-state index in [1.807, 2.05) is 54.9 Å². The van der Waals surface area contributed by atoms with Crippen molar-refractivity contribution in [3.63, 3.8) is 0 Å². The maximum absolute atomic E-state index is 12.6. The van der Waals surface area contributed by atoms with Crippen LogP contribution in [0, 0.1) is 0 Å². The molecule has 3 heteroatoms. The van der Waals surface area contributed by atoms with Crippen molar-refractivity contribution in [2.75, 3.05) is 0 Å². The molecule has 0 bridgehead atoms. The minimum atomic E-state index is 0.0326. The van der Waals surface area contributed by atoms with Gasteiger partial charge in [0.15, 0.2) is 5.43 Å².